The number of nitrogens with zero attached hydrogens (tertiary/aromatic N) is 3. The molecule has 0 radical (unpaired) electrons. The predicted octanol–water partition coefficient (Wildman–Crippen LogP) is 6.00. The zero-order chi connectivity index (χ0) is 25.6. The Morgan fingerprint density at radius 1 is 1.00 bits per heavy atom. The summed E-state index contributed by atoms with van der Waals surface area (Å²) in [6, 6.07) is 20.5. The van der Waals surface area contributed by atoms with Gasteiger partial charge in [0, 0.05) is 49.0 Å². The van der Waals surface area contributed by atoms with Crippen LogP contribution in [0.2, 0.25) is 0 Å². The minimum Gasteiger partial charge on any atom is -0.381 e. The summed E-state index contributed by atoms with van der Waals surface area (Å²) in [6.07, 6.45) is 7.73. The van der Waals surface area contributed by atoms with E-state index in [2.05, 4.69) is 56.7 Å². The third-order valence-corrected chi connectivity index (χ3v) is 9.55. The van der Waals surface area contributed by atoms with Crippen LogP contribution in [0.25, 0.3) is 33.1 Å². The molecule has 1 saturated heterocycles. The largest absolute Gasteiger partial charge is 0.381 e. The Balaban J connectivity index is 1.72. The Kier molecular flexibility index (Phi) is 6.13. The summed E-state index contributed by atoms with van der Waals surface area (Å²) in [5.41, 5.74) is 5.29. The second kappa shape index (κ2) is 9.47. The van der Waals surface area contributed by atoms with Crippen LogP contribution in [0.1, 0.15) is 31.4 Å². The van der Waals surface area contributed by atoms with E-state index in [9.17, 15) is 8.42 Å². The molecule has 1 atom stereocenters. The first-order chi connectivity index (χ1) is 18.0. The molecule has 37 heavy (non-hydrogen) atoms. The first-order valence-electron chi connectivity index (χ1n) is 12.9. The van der Waals surface area contributed by atoms with Crippen LogP contribution in [0, 0.1) is 5.92 Å². The van der Waals surface area contributed by atoms with E-state index >= 15 is 0 Å². The molecular weight excluding hydrogens is 482 g/mol. The Morgan fingerprint density at radius 2 is 1.78 bits per heavy atom. The molecule has 0 saturated carbocycles. The summed E-state index contributed by atoms with van der Waals surface area (Å²) < 4.78 is 36.6. The molecule has 1 aliphatic heterocycles. The first kappa shape index (κ1) is 23.9. The fourth-order valence-electron chi connectivity index (χ4n) is 5.90. The van der Waals surface area contributed by atoms with Crippen molar-refractivity contribution in [2.24, 2.45) is 13.0 Å². The molecule has 0 bridgehead atoms. The van der Waals surface area contributed by atoms with Gasteiger partial charge in [0.05, 0.1) is 39.6 Å². The van der Waals surface area contributed by atoms with Gasteiger partial charge >= 0.3 is 0 Å². The second-order valence-electron chi connectivity index (χ2n) is 9.84. The van der Waals surface area contributed by atoms with Crippen molar-refractivity contribution in [3.63, 3.8) is 0 Å². The minimum atomic E-state index is -3.41. The van der Waals surface area contributed by atoms with Crippen LogP contribution in [0.15, 0.2) is 84.1 Å². The molecule has 0 N–H and O–H groups in total. The molecule has 0 amide bonds. The summed E-state index contributed by atoms with van der Waals surface area (Å²) in [5.74, 6) is 0.419. The van der Waals surface area contributed by atoms with Gasteiger partial charge in [-0.15, -0.1) is 0 Å². The van der Waals surface area contributed by atoms with E-state index in [0.29, 0.717) is 10.8 Å². The van der Waals surface area contributed by atoms with Crippen molar-refractivity contribution in [1.29, 1.82) is 0 Å². The summed E-state index contributed by atoms with van der Waals surface area (Å²) in [5, 5.41) is 1.87. The molecular formula is C30H31N3O3S. The van der Waals surface area contributed by atoms with Gasteiger partial charge in [-0.05, 0) is 48.6 Å². The highest BCUT2D eigenvalue weighted by Crippen LogP contribution is 2.43. The smallest absolute Gasteiger partial charge is 0.178 e. The summed E-state index contributed by atoms with van der Waals surface area (Å²) in [6.45, 7) is 3.18. The van der Waals surface area contributed by atoms with Crippen molar-refractivity contribution in [3.8, 4) is 11.3 Å². The third-order valence-electron chi connectivity index (χ3n) is 7.76. The van der Waals surface area contributed by atoms with Crippen molar-refractivity contribution < 1.29 is 13.2 Å². The Morgan fingerprint density at radius 3 is 2.54 bits per heavy atom. The normalized spacial score (nSPS) is 15.9. The molecule has 6 rings (SSSR count). The lowest BCUT2D eigenvalue weighted by molar-refractivity contribution is 0.0550. The zero-order valence-corrected chi connectivity index (χ0v) is 22.0. The van der Waals surface area contributed by atoms with Crippen LogP contribution in [-0.2, 0) is 21.6 Å². The Labute approximate surface area is 217 Å². The average Bonchev–Trinajstić information content (AvgIpc) is 3.48. The highest BCUT2D eigenvalue weighted by atomic mass is 32.2. The molecule has 6 nitrogen and oxygen atoms in total. The van der Waals surface area contributed by atoms with E-state index in [1.807, 2.05) is 37.6 Å². The van der Waals surface area contributed by atoms with Crippen LogP contribution < -0.4 is 0 Å². The third kappa shape index (κ3) is 4.06. The minimum absolute atomic E-state index is 0.0364. The lowest BCUT2D eigenvalue weighted by Gasteiger charge is -2.34. The lowest BCUT2D eigenvalue weighted by atomic mass is 9.86. The van der Waals surface area contributed by atoms with Crippen LogP contribution >= 0.6 is 0 Å². The van der Waals surface area contributed by atoms with Gasteiger partial charge < -0.3 is 13.9 Å². The lowest BCUT2D eigenvalue weighted by Crippen LogP contribution is -2.27. The van der Waals surface area contributed by atoms with Crippen LogP contribution in [0.3, 0.4) is 0 Å². The number of aryl methyl sites for hydroxylation is 1. The maximum atomic E-state index is 13.2. The van der Waals surface area contributed by atoms with E-state index in [1.165, 1.54) is 5.56 Å². The van der Waals surface area contributed by atoms with Gasteiger partial charge in [-0.3, -0.25) is 4.98 Å². The summed E-state index contributed by atoms with van der Waals surface area (Å²) >= 11 is 0. The monoisotopic (exact) mass is 513 g/mol. The Hall–Kier alpha value is -3.42. The molecule has 7 heteroatoms. The zero-order valence-electron chi connectivity index (χ0n) is 21.2. The van der Waals surface area contributed by atoms with E-state index < -0.39 is 9.84 Å². The van der Waals surface area contributed by atoms with Gasteiger partial charge in [-0.2, -0.15) is 0 Å². The van der Waals surface area contributed by atoms with Crippen LogP contribution in [-0.4, -0.2) is 41.5 Å². The van der Waals surface area contributed by atoms with E-state index in [0.717, 1.165) is 59.1 Å². The number of hydrogen-bond donors (Lipinski definition) is 0. The number of pyridine rings is 1. The fourth-order valence-corrected chi connectivity index (χ4v) is 7.00. The van der Waals surface area contributed by atoms with E-state index in [1.54, 1.807) is 13.0 Å². The Bertz CT molecular complexity index is 1680. The number of sulfone groups is 1. The number of fused-ring (bicyclic) bond motifs is 2. The van der Waals surface area contributed by atoms with Crippen LogP contribution in [0.4, 0.5) is 0 Å². The molecule has 3 aromatic heterocycles. The highest BCUT2D eigenvalue weighted by molar-refractivity contribution is 7.91. The molecule has 0 spiro atoms. The van der Waals surface area contributed by atoms with Gasteiger partial charge in [-0.25, -0.2) is 8.42 Å². The van der Waals surface area contributed by atoms with Crippen molar-refractivity contribution in [3.05, 3.63) is 84.8 Å². The summed E-state index contributed by atoms with van der Waals surface area (Å²) in [7, 11) is -1.38. The van der Waals surface area contributed by atoms with Crippen molar-refractivity contribution in [2.75, 3.05) is 19.0 Å². The fraction of sp³-hybridized carbons (Fsp3) is 0.300. The number of ether oxygens (including phenoxy) is 1. The molecule has 1 fully saturated rings. The summed E-state index contributed by atoms with van der Waals surface area (Å²) in [4.78, 5) is 4.74. The van der Waals surface area contributed by atoms with Gasteiger partial charge in [0.1, 0.15) is 0 Å². The maximum absolute atomic E-state index is 13.2. The highest BCUT2D eigenvalue weighted by Gasteiger charge is 2.31. The molecule has 0 unspecified atom stereocenters. The van der Waals surface area contributed by atoms with Gasteiger partial charge in [0.25, 0.3) is 0 Å². The number of rotatable bonds is 6. The van der Waals surface area contributed by atoms with E-state index in [-0.39, 0.29) is 11.8 Å². The molecule has 0 aliphatic carbocycles. The van der Waals surface area contributed by atoms with Crippen molar-refractivity contribution in [1.82, 2.24) is 14.1 Å². The number of aromatic nitrogens is 3. The van der Waals surface area contributed by atoms with E-state index in [4.69, 9.17) is 4.74 Å². The molecule has 2 aromatic carbocycles. The van der Waals surface area contributed by atoms with Gasteiger partial charge in [-0.1, -0.05) is 43.3 Å². The topological polar surface area (TPSA) is 66.1 Å². The van der Waals surface area contributed by atoms with Crippen molar-refractivity contribution in [2.45, 2.75) is 30.7 Å². The van der Waals surface area contributed by atoms with Crippen LogP contribution in [0.5, 0.6) is 0 Å². The number of hydrogen-bond acceptors (Lipinski definition) is 4. The molecule has 190 valence electrons. The van der Waals surface area contributed by atoms with Crippen molar-refractivity contribution >= 4 is 31.6 Å². The second-order valence-corrected chi connectivity index (χ2v) is 12.1. The predicted molar refractivity (Wildman–Crippen MR) is 147 cm³/mol. The standard InChI is InChI=1S/C30H31N3O3S/c1-3-37(34,35)29-11-7-10-26-24(29)18-27(25-20-32(2)28-19-31-15-12-23(25)28)33(26)30(21-8-5-4-6-9-21)22-13-16-36-17-14-22/h4-12,15,18-20,22,30H,3,13-14,16-17H2,1-2H3/t30-/m0/s1. The number of benzene rings is 2. The quantitative estimate of drug-likeness (QED) is 0.279. The average molecular weight is 514 g/mol. The maximum Gasteiger partial charge on any atom is 0.178 e. The molecule has 5 aromatic rings. The van der Waals surface area contributed by atoms with Gasteiger partial charge in [0.15, 0.2) is 9.84 Å². The first-order valence-corrected chi connectivity index (χ1v) is 14.5. The van der Waals surface area contributed by atoms with Gasteiger partial charge in [0.2, 0.25) is 0 Å². The molecule has 4 heterocycles. The molecule has 1 aliphatic rings. The SMILES string of the molecule is CCS(=O)(=O)c1cccc2c1cc(-c1cn(C)c3cnccc13)n2[C@@H](c1ccccc1)C1CCOCC1.